The van der Waals surface area contributed by atoms with Gasteiger partial charge in [0.05, 0.1) is 6.10 Å². The lowest BCUT2D eigenvalue weighted by molar-refractivity contribution is 0.0820. The Morgan fingerprint density at radius 1 is 1.59 bits per heavy atom. The zero-order valence-corrected chi connectivity index (χ0v) is 10.3. The number of carbonyl (C=O) groups is 1. The third kappa shape index (κ3) is 2.82. The summed E-state index contributed by atoms with van der Waals surface area (Å²) in [7, 11) is 0. The number of anilines is 1. The molecule has 4 heteroatoms. The van der Waals surface area contributed by atoms with Gasteiger partial charge in [0.15, 0.2) is 6.29 Å². The van der Waals surface area contributed by atoms with Gasteiger partial charge < -0.3 is 9.64 Å². The van der Waals surface area contributed by atoms with Crippen molar-refractivity contribution in [2.75, 3.05) is 24.6 Å². The van der Waals surface area contributed by atoms with Gasteiger partial charge >= 0.3 is 0 Å². The van der Waals surface area contributed by atoms with Crippen LogP contribution in [0.2, 0.25) is 0 Å². The highest BCUT2D eigenvalue weighted by atomic mass is 16.5. The van der Waals surface area contributed by atoms with Crippen LogP contribution in [0.3, 0.4) is 0 Å². The molecule has 1 unspecified atom stereocenters. The van der Waals surface area contributed by atoms with Crippen LogP contribution in [0.4, 0.5) is 5.82 Å². The summed E-state index contributed by atoms with van der Waals surface area (Å²) in [6, 6.07) is 1.88. The molecule has 2 rings (SSSR count). The molecule has 0 spiro atoms. The maximum absolute atomic E-state index is 10.7. The average Bonchev–Trinajstić information content (AvgIpc) is 2.53. The van der Waals surface area contributed by atoms with Gasteiger partial charge in [0.1, 0.15) is 5.82 Å². The second-order valence-corrected chi connectivity index (χ2v) is 4.51. The van der Waals surface area contributed by atoms with Crippen LogP contribution in [-0.2, 0) is 4.74 Å². The Hall–Kier alpha value is -1.42. The molecule has 2 heterocycles. The monoisotopic (exact) mass is 234 g/mol. The Morgan fingerprint density at radius 2 is 2.41 bits per heavy atom. The average molecular weight is 234 g/mol. The van der Waals surface area contributed by atoms with E-state index in [-0.39, 0.29) is 6.10 Å². The highest BCUT2D eigenvalue weighted by molar-refractivity contribution is 5.75. The number of hydrogen-bond acceptors (Lipinski definition) is 4. The fraction of sp³-hybridized carbons (Fsp3) is 0.538. The summed E-state index contributed by atoms with van der Waals surface area (Å²) in [6.07, 6.45) is 3.70. The Morgan fingerprint density at radius 3 is 3.12 bits per heavy atom. The predicted molar refractivity (Wildman–Crippen MR) is 66.6 cm³/mol. The fourth-order valence-corrected chi connectivity index (χ4v) is 2.17. The molecule has 1 aromatic rings. The van der Waals surface area contributed by atoms with Gasteiger partial charge in [-0.25, -0.2) is 4.98 Å². The van der Waals surface area contributed by atoms with E-state index < -0.39 is 0 Å². The summed E-state index contributed by atoms with van der Waals surface area (Å²) in [5, 5.41) is 0. The van der Waals surface area contributed by atoms with Crippen LogP contribution in [0.1, 0.15) is 29.3 Å². The maximum atomic E-state index is 10.7. The van der Waals surface area contributed by atoms with E-state index in [0.29, 0.717) is 5.56 Å². The van der Waals surface area contributed by atoms with Crippen LogP contribution in [0.25, 0.3) is 0 Å². The van der Waals surface area contributed by atoms with E-state index in [2.05, 4.69) is 16.8 Å². The molecule has 0 amide bonds. The van der Waals surface area contributed by atoms with E-state index in [1.54, 1.807) is 6.20 Å². The molecule has 0 bridgehead atoms. The number of aromatic nitrogens is 1. The normalized spacial score (nSPS) is 21.1. The molecule has 1 atom stereocenters. The first kappa shape index (κ1) is 12.0. The standard InChI is InChI=1S/C13H18N2O2/c1-10-6-12(9-16)7-14-13(10)15-4-3-5-17-11(2)8-15/h6-7,9,11H,3-5,8H2,1-2H3. The first-order valence-corrected chi connectivity index (χ1v) is 5.99. The minimum atomic E-state index is 0.226. The number of hydrogen-bond donors (Lipinski definition) is 0. The van der Waals surface area contributed by atoms with Crippen LogP contribution in [0, 0.1) is 6.92 Å². The van der Waals surface area contributed by atoms with Crippen molar-refractivity contribution < 1.29 is 9.53 Å². The highest BCUT2D eigenvalue weighted by Crippen LogP contribution is 2.20. The van der Waals surface area contributed by atoms with Crippen molar-refractivity contribution in [1.82, 2.24) is 4.98 Å². The quantitative estimate of drug-likeness (QED) is 0.732. The summed E-state index contributed by atoms with van der Waals surface area (Å²) in [5.41, 5.74) is 1.68. The molecule has 0 saturated carbocycles. The number of nitrogens with zero attached hydrogens (tertiary/aromatic N) is 2. The summed E-state index contributed by atoms with van der Waals surface area (Å²) >= 11 is 0. The molecule has 1 aromatic heterocycles. The van der Waals surface area contributed by atoms with Crippen molar-refractivity contribution in [2.45, 2.75) is 26.4 Å². The van der Waals surface area contributed by atoms with Crippen molar-refractivity contribution in [3.63, 3.8) is 0 Å². The summed E-state index contributed by atoms with van der Waals surface area (Å²) < 4.78 is 5.61. The van der Waals surface area contributed by atoms with E-state index in [1.165, 1.54) is 0 Å². The minimum absolute atomic E-state index is 0.226. The summed E-state index contributed by atoms with van der Waals surface area (Å²) in [6.45, 7) is 6.69. The summed E-state index contributed by atoms with van der Waals surface area (Å²) in [4.78, 5) is 17.3. The molecule has 92 valence electrons. The molecule has 0 radical (unpaired) electrons. The van der Waals surface area contributed by atoms with Crippen LogP contribution in [0.5, 0.6) is 0 Å². The van der Waals surface area contributed by atoms with Crippen molar-refractivity contribution in [3.05, 3.63) is 23.4 Å². The summed E-state index contributed by atoms with van der Waals surface area (Å²) in [5.74, 6) is 0.966. The van der Waals surface area contributed by atoms with Crippen LogP contribution >= 0.6 is 0 Å². The second kappa shape index (κ2) is 5.27. The largest absolute Gasteiger partial charge is 0.377 e. The van der Waals surface area contributed by atoms with Gasteiger partial charge in [0, 0.05) is 31.5 Å². The molecule has 1 saturated heterocycles. The molecule has 0 N–H and O–H groups in total. The molecule has 1 fully saturated rings. The van der Waals surface area contributed by atoms with Crippen LogP contribution in [0.15, 0.2) is 12.3 Å². The Balaban J connectivity index is 2.23. The van der Waals surface area contributed by atoms with E-state index in [1.807, 2.05) is 13.0 Å². The first-order chi connectivity index (χ1) is 8.20. The lowest BCUT2D eigenvalue weighted by Gasteiger charge is -2.24. The lowest BCUT2D eigenvalue weighted by atomic mass is 10.2. The zero-order valence-electron chi connectivity index (χ0n) is 10.3. The second-order valence-electron chi connectivity index (χ2n) is 4.51. The number of aryl methyl sites for hydroxylation is 1. The van der Waals surface area contributed by atoms with E-state index in [9.17, 15) is 4.79 Å². The number of pyridine rings is 1. The van der Waals surface area contributed by atoms with Gasteiger partial charge in [0.25, 0.3) is 0 Å². The van der Waals surface area contributed by atoms with Gasteiger partial charge in [-0.05, 0) is 31.9 Å². The topological polar surface area (TPSA) is 42.4 Å². The Labute approximate surface area is 102 Å². The third-order valence-electron chi connectivity index (χ3n) is 2.96. The number of carbonyl (C=O) groups excluding carboxylic acids is 1. The fourth-order valence-electron chi connectivity index (χ4n) is 2.17. The smallest absolute Gasteiger partial charge is 0.151 e. The Bertz CT molecular complexity index is 406. The van der Waals surface area contributed by atoms with Gasteiger partial charge in [-0.1, -0.05) is 0 Å². The molecular formula is C13H18N2O2. The number of ether oxygens (including phenoxy) is 1. The highest BCUT2D eigenvalue weighted by Gasteiger charge is 2.17. The SMILES string of the molecule is Cc1cc(C=O)cnc1N1CCCOC(C)C1. The van der Waals surface area contributed by atoms with Gasteiger partial charge in [0.2, 0.25) is 0 Å². The number of rotatable bonds is 2. The molecule has 17 heavy (non-hydrogen) atoms. The van der Waals surface area contributed by atoms with Crippen LogP contribution in [-0.4, -0.2) is 37.1 Å². The van der Waals surface area contributed by atoms with Crippen molar-refractivity contribution >= 4 is 12.1 Å². The third-order valence-corrected chi connectivity index (χ3v) is 2.96. The molecule has 4 nitrogen and oxygen atoms in total. The molecule has 1 aliphatic rings. The van der Waals surface area contributed by atoms with E-state index >= 15 is 0 Å². The molecule has 0 aromatic carbocycles. The number of aldehydes is 1. The van der Waals surface area contributed by atoms with Crippen molar-refractivity contribution in [2.24, 2.45) is 0 Å². The predicted octanol–water partition coefficient (Wildman–Crippen LogP) is 1.82. The van der Waals surface area contributed by atoms with Gasteiger partial charge in [-0.2, -0.15) is 0 Å². The minimum Gasteiger partial charge on any atom is -0.377 e. The van der Waals surface area contributed by atoms with Crippen LogP contribution < -0.4 is 4.90 Å². The first-order valence-electron chi connectivity index (χ1n) is 5.99. The zero-order chi connectivity index (χ0) is 12.3. The molecule has 1 aliphatic heterocycles. The molecular weight excluding hydrogens is 216 g/mol. The van der Waals surface area contributed by atoms with E-state index in [0.717, 1.165) is 43.8 Å². The van der Waals surface area contributed by atoms with Gasteiger partial charge in [-0.15, -0.1) is 0 Å². The molecule has 0 aliphatic carbocycles. The maximum Gasteiger partial charge on any atom is 0.151 e. The van der Waals surface area contributed by atoms with Crippen molar-refractivity contribution in [3.8, 4) is 0 Å². The van der Waals surface area contributed by atoms with Gasteiger partial charge in [-0.3, -0.25) is 4.79 Å². The van der Waals surface area contributed by atoms with E-state index in [4.69, 9.17) is 4.74 Å². The lowest BCUT2D eigenvalue weighted by Crippen LogP contribution is -2.31. The Kier molecular flexibility index (Phi) is 3.74. The van der Waals surface area contributed by atoms with Crippen molar-refractivity contribution in [1.29, 1.82) is 0 Å².